The van der Waals surface area contributed by atoms with E-state index in [1.165, 1.54) is 0 Å². The van der Waals surface area contributed by atoms with Gasteiger partial charge in [-0.05, 0) is 32.0 Å². The maximum atomic E-state index is 8.72. The second kappa shape index (κ2) is 3.81. The third-order valence-electron chi connectivity index (χ3n) is 1.63. The van der Waals surface area contributed by atoms with Crippen LogP contribution in [0.15, 0.2) is 18.2 Å². The molecule has 0 saturated heterocycles. The zero-order chi connectivity index (χ0) is 9.84. The van der Waals surface area contributed by atoms with Crippen molar-refractivity contribution in [1.82, 2.24) is 0 Å². The van der Waals surface area contributed by atoms with Gasteiger partial charge in [0.15, 0.2) is 0 Å². The average Bonchev–Trinajstić information content (AvgIpc) is 2.07. The van der Waals surface area contributed by atoms with E-state index >= 15 is 0 Å². The first kappa shape index (κ1) is 9.40. The minimum absolute atomic E-state index is 0.357. The van der Waals surface area contributed by atoms with Gasteiger partial charge in [-0.2, -0.15) is 5.26 Å². The first-order chi connectivity index (χ1) is 6.13. The van der Waals surface area contributed by atoms with Crippen LogP contribution in [-0.4, -0.2) is 6.04 Å². The number of nitrogens with one attached hydrogen (secondary N) is 1. The van der Waals surface area contributed by atoms with Crippen molar-refractivity contribution in [3.05, 3.63) is 23.8 Å². The van der Waals surface area contributed by atoms with Gasteiger partial charge in [-0.15, -0.1) is 0 Å². The van der Waals surface area contributed by atoms with Crippen LogP contribution in [0.2, 0.25) is 0 Å². The molecule has 13 heavy (non-hydrogen) atoms. The summed E-state index contributed by atoms with van der Waals surface area (Å²) in [4.78, 5) is 0. The van der Waals surface area contributed by atoms with Gasteiger partial charge in [0.1, 0.15) is 6.07 Å². The van der Waals surface area contributed by atoms with Crippen molar-refractivity contribution in [1.29, 1.82) is 5.26 Å². The number of anilines is 2. The Kier molecular flexibility index (Phi) is 2.76. The maximum absolute atomic E-state index is 8.72. The summed E-state index contributed by atoms with van der Waals surface area (Å²) in [5.41, 5.74) is 7.56. The monoisotopic (exact) mass is 175 g/mol. The average molecular weight is 175 g/mol. The molecule has 3 N–H and O–H groups in total. The standard InChI is InChI=1S/C10H13N3/c1-7(2)13-9-3-4-10(12)8(5-9)6-11/h3-5,7,13H,12H2,1-2H3. The number of benzene rings is 1. The highest BCUT2D eigenvalue weighted by atomic mass is 14.9. The lowest BCUT2D eigenvalue weighted by Crippen LogP contribution is -2.09. The minimum Gasteiger partial charge on any atom is -0.398 e. The highest BCUT2D eigenvalue weighted by molar-refractivity contribution is 5.61. The molecule has 0 atom stereocenters. The number of hydrogen-bond acceptors (Lipinski definition) is 3. The van der Waals surface area contributed by atoms with Crippen LogP contribution in [0.5, 0.6) is 0 Å². The number of nitrogens with two attached hydrogens (primary N) is 1. The molecule has 0 aliphatic carbocycles. The number of nitrogens with zero attached hydrogens (tertiary/aromatic N) is 1. The predicted octanol–water partition coefficient (Wildman–Crippen LogP) is 1.96. The van der Waals surface area contributed by atoms with Gasteiger partial charge >= 0.3 is 0 Å². The molecule has 1 rings (SSSR count). The summed E-state index contributed by atoms with van der Waals surface area (Å²) < 4.78 is 0. The van der Waals surface area contributed by atoms with Crippen LogP contribution in [0, 0.1) is 11.3 Å². The van der Waals surface area contributed by atoms with E-state index < -0.39 is 0 Å². The van der Waals surface area contributed by atoms with Crippen LogP contribution in [-0.2, 0) is 0 Å². The molecule has 0 spiro atoms. The second-order valence-corrected chi connectivity index (χ2v) is 3.21. The molecule has 0 fully saturated rings. The van der Waals surface area contributed by atoms with Gasteiger partial charge in [0.2, 0.25) is 0 Å². The molecular weight excluding hydrogens is 162 g/mol. The van der Waals surface area contributed by atoms with Crippen LogP contribution in [0.3, 0.4) is 0 Å². The summed E-state index contributed by atoms with van der Waals surface area (Å²) in [5.74, 6) is 0. The van der Waals surface area contributed by atoms with Gasteiger partial charge in [-0.1, -0.05) is 0 Å². The fourth-order valence-electron chi connectivity index (χ4n) is 1.08. The van der Waals surface area contributed by atoms with E-state index in [0.29, 0.717) is 17.3 Å². The summed E-state index contributed by atoms with van der Waals surface area (Å²) in [7, 11) is 0. The maximum Gasteiger partial charge on any atom is 0.101 e. The van der Waals surface area contributed by atoms with Crippen molar-refractivity contribution in [3.63, 3.8) is 0 Å². The number of nitriles is 1. The second-order valence-electron chi connectivity index (χ2n) is 3.21. The van der Waals surface area contributed by atoms with Crippen LogP contribution in [0.1, 0.15) is 19.4 Å². The van der Waals surface area contributed by atoms with Gasteiger partial charge in [-0.3, -0.25) is 0 Å². The van der Waals surface area contributed by atoms with Gasteiger partial charge in [0.25, 0.3) is 0 Å². The summed E-state index contributed by atoms with van der Waals surface area (Å²) in [6, 6.07) is 7.77. The molecule has 0 aliphatic rings. The Morgan fingerprint density at radius 2 is 2.15 bits per heavy atom. The Bertz CT molecular complexity index is 337. The number of hydrogen-bond donors (Lipinski definition) is 2. The minimum atomic E-state index is 0.357. The van der Waals surface area contributed by atoms with Crippen molar-refractivity contribution in [3.8, 4) is 6.07 Å². The van der Waals surface area contributed by atoms with Crippen molar-refractivity contribution in [2.24, 2.45) is 0 Å². The summed E-state index contributed by atoms with van der Waals surface area (Å²) >= 11 is 0. The molecule has 3 nitrogen and oxygen atoms in total. The number of rotatable bonds is 2. The summed E-state index contributed by atoms with van der Waals surface area (Å²) in [6.45, 7) is 4.09. The Balaban J connectivity index is 2.95. The van der Waals surface area contributed by atoms with Crippen LogP contribution >= 0.6 is 0 Å². The molecule has 0 amide bonds. The molecule has 1 aromatic carbocycles. The van der Waals surface area contributed by atoms with Crippen molar-refractivity contribution in [2.75, 3.05) is 11.1 Å². The Morgan fingerprint density at radius 1 is 1.46 bits per heavy atom. The number of nitrogen functional groups attached to an aromatic ring is 1. The van der Waals surface area contributed by atoms with Crippen LogP contribution < -0.4 is 11.1 Å². The van der Waals surface area contributed by atoms with Crippen molar-refractivity contribution in [2.45, 2.75) is 19.9 Å². The quantitative estimate of drug-likeness (QED) is 0.675. The largest absolute Gasteiger partial charge is 0.398 e. The zero-order valence-electron chi connectivity index (χ0n) is 7.83. The molecule has 0 radical (unpaired) electrons. The lowest BCUT2D eigenvalue weighted by molar-refractivity contribution is 0.900. The van der Waals surface area contributed by atoms with E-state index in [2.05, 4.69) is 5.32 Å². The molecule has 0 aromatic heterocycles. The molecule has 3 heteroatoms. The molecule has 68 valence electrons. The SMILES string of the molecule is CC(C)Nc1ccc(N)c(C#N)c1. The summed E-state index contributed by atoms with van der Waals surface area (Å²) in [5, 5.41) is 11.9. The molecule has 0 unspecified atom stereocenters. The lowest BCUT2D eigenvalue weighted by Gasteiger charge is -2.10. The van der Waals surface area contributed by atoms with Crippen LogP contribution in [0.4, 0.5) is 11.4 Å². The van der Waals surface area contributed by atoms with E-state index in [-0.39, 0.29) is 0 Å². The van der Waals surface area contributed by atoms with Gasteiger partial charge in [0.05, 0.1) is 5.56 Å². The Labute approximate surface area is 78.2 Å². The normalized spacial score (nSPS) is 9.69. The first-order valence-corrected chi connectivity index (χ1v) is 4.19. The molecule has 0 heterocycles. The van der Waals surface area contributed by atoms with E-state index in [1.807, 2.05) is 26.0 Å². The molecule has 0 aliphatic heterocycles. The third kappa shape index (κ3) is 2.38. The molecular formula is C10H13N3. The fourth-order valence-corrected chi connectivity index (χ4v) is 1.08. The first-order valence-electron chi connectivity index (χ1n) is 4.19. The third-order valence-corrected chi connectivity index (χ3v) is 1.63. The Hall–Kier alpha value is -1.69. The molecule has 1 aromatic rings. The highest BCUT2D eigenvalue weighted by Gasteiger charge is 2.00. The van der Waals surface area contributed by atoms with E-state index in [4.69, 9.17) is 11.0 Å². The van der Waals surface area contributed by atoms with Crippen molar-refractivity contribution >= 4 is 11.4 Å². The lowest BCUT2D eigenvalue weighted by atomic mass is 10.1. The predicted molar refractivity (Wildman–Crippen MR) is 54.3 cm³/mol. The van der Waals surface area contributed by atoms with Gasteiger partial charge < -0.3 is 11.1 Å². The fraction of sp³-hybridized carbons (Fsp3) is 0.300. The van der Waals surface area contributed by atoms with Gasteiger partial charge in [0, 0.05) is 17.4 Å². The smallest absolute Gasteiger partial charge is 0.101 e. The Morgan fingerprint density at radius 3 is 2.69 bits per heavy atom. The zero-order valence-corrected chi connectivity index (χ0v) is 7.83. The molecule has 0 saturated carbocycles. The van der Waals surface area contributed by atoms with Gasteiger partial charge in [-0.25, -0.2) is 0 Å². The summed E-state index contributed by atoms with van der Waals surface area (Å²) in [6.07, 6.45) is 0. The van der Waals surface area contributed by atoms with Crippen molar-refractivity contribution < 1.29 is 0 Å². The van der Waals surface area contributed by atoms with Crippen LogP contribution in [0.25, 0.3) is 0 Å². The van der Waals surface area contributed by atoms with E-state index in [1.54, 1.807) is 12.1 Å². The highest BCUT2D eigenvalue weighted by Crippen LogP contribution is 2.17. The topological polar surface area (TPSA) is 61.8 Å². The molecule has 0 bridgehead atoms. The van der Waals surface area contributed by atoms with E-state index in [0.717, 1.165) is 5.69 Å². The van der Waals surface area contributed by atoms with E-state index in [9.17, 15) is 0 Å².